The molecule has 0 bridgehead atoms. The second kappa shape index (κ2) is 7.74. The van der Waals surface area contributed by atoms with Gasteiger partial charge in [-0.2, -0.15) is 0 Å². The lowest BCUT2D eigenvalue weighted by Crippen LogP contribution is -2.53. The van der Waals surface area contributed by atoms with Crippen LogP contribution >= 0.6 is 11.3 Å². The predicted octanol–water partition coefficient (Wildman–Crippen LogP) is 4.49. The number of benzene rings is 2. The molecule has 0 amide bonds. The molecule has 1 aromatic heterocycles. The van der Waals surface area contributed by atoms with Crippen molar-refractivity contribution in [2.75, 3.05) is 38.7 Å². The maximum absolute atomic E-state index is 13.9. The van der Waals surface area contributed by atoms with Crippen molar-refractivity contribution in [3.05, 3.63) is 53.8 Å². The Morgan fingerprint density at radius 1 is 1.28 bits per heavy atom. The Balaban J connectivity index is 1.62. The molecule has 0 radical (unpaired) electrons. The van der Waals surface area contributed by atoms with E-state index in [1.165, 1.54) is 22.2 Å². The Morgan fingerprint density at radius 3 is 3.07 bits per heavy atom. The molecule has 2 aromatic carbocycles. The van der Waals surface area contributed by atoms with E-state index in [0.717, 1.165) is 54.7 Å². The van der Waals surface area contributed by atoms with Crippen LogP contribution in [0.25, 0.3) is 10.1 Å². The average Bonchev–Trinajstić information content (AvgIpc) is 3.01. The number of nitrogens with one attached hydrogen (secondary N) is 2. The van der Waals surface area contributed by atoms with Crippen molar-refractivity contribution in [3.63, 3.8) is 0 Å². The molecule has 2 aliphatic rings. The molecule has 3 heterocycles. The van der Waals surface area contributed by atoms with Crippen LogP contribution in [0.15, 0.2) is 47.5 Å². The van der Waals surface area contributed by atoms with Crippen LogP contribution < -0.4 is 10.6 Å². The Kier molecular flexibility index (Phi) is 4.95. The zero-order valence-electron chi connectivity index (χ0n) is 16.2. The van der Waals surface area contributed by atoms with Crippen LogP contribution in [0.4, 0.5) is 20.8 Å². The zero-order chi connectivity index (χ0) is 19.8. The summed E-state index contributed by atoms with van der Waals surface area (Å²) in [6.45, 7) is 3.37. The van der Waals surface area contributed by atoms with Crippen LogP contribution in [0.3, 0.4) is 0 Å². The minimum absolute atomic E-state index is 0.264. The summed E-state index contributed by atoms with van der Waals surface area (Å²) in [6.07, 6.45) is 0.956. The van der Waals surface area contributed by atoms with Crippen LogP contribution in [0.2, 0.25) is 0 Å². The molecule has 7 heteroatoms. The fraction of sp³-hybridized carbons (Fsp3) is 0.318. The van der Waals surface area contributed by atoms with Crippen LogP contribution in [0.1, 0.15) is 12.0 Å². The minimum Gasteiger partial charge on any atom is -0.385 e. The molecule has 1 saturated heterocycles. The first-order valence-corrected chi connectivity index (χ1v) is 10.7. The standard InChI is InChI=1S/C22H23FN4OS/c1-28-11-8-15-13-27(10-9-24-15)21-20-16-4-2-3-5-19(16)29-22(20)26-18-12-14(23)6-7-17(18)25-21/h2-7,12,15,24,26H,8-11,13H2,1H3. The van der Waals surface area contributed by atoms with Crippen molar-refractivity contribution >= 4 is 43.6 Å². The second-order valence-corrected chi connectivity index (χ2v) is 8.45. The molecule has 5 rings (SSSR count). The van der Waals surface area contributed by atoms with E-state index in [4.69, 9.17) is 9.73 Å². The molecule has 3 aromatic rings. The number of hydrogen-bond donors (Lipinski definition) is 2. The number of aliphatic imine (C=N–C) groups is 1. The van der Waals surface area contributed by atoms with E-state index in [2.05, 4.69) is 33.7 Å². The van der Waals surface area contributed by atoms with Crippen LogP contribution in [0, 0.1) is 5.82 Å². The first-order valence-electron chi connectivity index (χ1n) is 9.87. The van der Waals surface area contributed by atoms with Gasteiger partial charge in [0.1, 0.15) is 16.7 Å². The molecule has 2 aliphatic heterocycles. The van der Waals surface area contributed by atoms with Gasteiger partial charge in [0, 0.05) is 49.5 Å². The number of hydrogen-bond acceptors (Lipinski definition) is 6. The molecular formula is C22H23FN4OS. The maximum atomic E-state index is 13.9. The number of piperazine rings is 1. The third kappa shape index (κ3) is 3.50. The molecular weight excluding hydrogens is 387 g/mol. The number of rotatable bonds is 3. The molecule has 150 valence electrons. The molecule has 29 heavy (non-hydrogen) atoms. The number of ether oxygens (including phenoxy) is 1. The van der Waals surface area contributed by atoms with Crippen molar-refractivity contribution in [1.29, 1.82) is 0 Å². The van der Waals surface area contributed by atoms with E-state index in [0.29, 0.717) is 11.7 Å². The first kappa shape index (κ1) is 18.5. The summed E-state index contributed by atoms with van der Waals surface area (Å²) < 4.78 is 20.4. The van der Waals surface area contributed by atoms with Crippen molar-refractivity contribution in [1.82, 2.24) is 10.2 Å². The quantitative estimate of drug-likeness (QED) is 0.668. The number of amidine groups is 1. The molecule has 0 aliphatic carbocycles. The Labute approximate surface area is 173 Å². The van der Waals surface area contributed by atoms with Gasteiger partial charge in [-0.1, -0.05) is 18.2 Å². The normalized spacial score (nSPS) is 18.6. The van der Waals surface area contributed by atoms with Crippen LogP contribution in [-0.2, 0) is 4.74 Å². The first-order chi connectivity index (χ1) is 14.2. The number of nitrogens with zero attached hydrogens (tertiary/aromatic N) is 2. The SMILES string of the molecule is COCCC1CN(C2=Nc3ccc(F)cc3Nc3sc4ccccc4c32)CCN1. The van der Waals surface area contributed by atoms with Crippen molar-refractivity contribution in [2.45, 2.75) is 12.5 Å². The largest absolute Gasteiger partial charge is 0.385 e. The molecule has 0 spiro atoms. The third-order valence-electron chi connectivity index (χ3n) is 5.48. The van der Waals surface area contributed by atoms with E-state index < -0.39 is 0 Å². The summed E-state index contributed by atoms with van der Waals surface area (Å²) >= 11 is 1.69. The highest BCUT2D eigenvalue weighted by molar-refractivity contribution is 7.23. The Hall–Kier alpha value is -2.48. The van der Waals surface area contributed by atoms with E-state index >= 15 is 0 Å². The monoisotopic (exact) mass is 410 g/mol. The van der Waals surface area contributed by atoms with E-state index in [9.17, 15) is 4.39 Å². The van der Waals surface area contributed by atoms with Gasteiger partial charge in [0.05, 0.1) is 16.9 Å². The number of thiophene rings is 1. The Morgan fingerprint density at radius 2 is 2.17 bits per heavy atom. The fourth-order valence-electron chi connectivity index (χ4n) is 4.05. The number of fused-ring (bicyclic) bond motifs is 4. The lowest BCUT2D eigenvalue weighted by Gasteiger charge is -2.35. The maximum Gasteiger partial charge on any atom is 0.140 e. The van der Waals surface area contributed by atoms with Gasteiger partial charge >= 0.3 is 0 Å². The summed E-state index contributed by atoms with van der Waals surface area (Å²) in [7, 11) is 1.74. The molecule has 1 atom stereocenters. The molecule has 1 fully saturated rings. The summed E-state index contributed by atoms with van der Waals surface area (Å²) in [6, 6.07) is 13.5. The predicted molar refractivity (Wildman–Crippen MR) is 118 cm³/mol. The highest BCUT2D eigenvalue weighted by Crippen LogP contribution is 2.43. The summed E-state index contributed by atoms with van der Waals surface area (Å²) in [4.78, 5) is 7.40. The lowest BCUT2D eigenvalue weighted by atomic mass is 10.1. The summed E-state index contributed by atoms with van der Waals surface area (Å²) in [5.41, 5.74) is 2.58. The summed E-state index contributed by atoms with van der Waals surface area (Å²) in [5.74, 6) is 0.693. The molecule has 0 saturated carbocycles. The average molecular weight is 411 g/mol. The van der Waals surface area contributed by atoms with Gasteiger partial charge in [-0.25, -0.2) is 9.38 Å². The Bertz CT molecular complexity index is 1080. The van der Waals surface area contributed by atoms with Gasteiger partial charge < -0.3 is 20.3 Å². The van der Waals surface area contributed by atoms with Gasteiger partial charge in [0.2, 0.25) is 0 Å². The van der Waals surface area contributed by atoms with Crippen LogP contribution in [-0.4, -0.2) is 50.1 Å². The minimum atomic E-state index is -0.264. The second-order valence-electron chi connectivity index (χ2n) is 7.40. The van der Waals surface area contributed by atoms with Crippen molar-refractivity contribution < 1.29 is 9.13 Å². The lowest BCUT2D eigenvalue weighted by molar-refractivity contribution is 0.168. The third-order valence-corrected chi connectivity index (χ3v) is 6.56. The van der Waals surface area contributed by atoms with Gasteiger partial charge in [0.25, 0.3) is 0 Å². The van der Waals surface area contributed by atoms with Crippen molar-refractivity contribution in [3.8, 4) is 0 Å². The van der Waals surface area contributed by atoms with Gasteiger partial charge in [0.15, 0.2) is 0 Å². The zero-order valence-corrected chi connectivity index (χ0v) is 17.1. The van der Waals surface area contributed by atoms with E-state index in [1.807, 2.05) is 6.07 Å². The molecule has 1 unspecified atom stereocenters. The van der Waals surface area contributed by atoms with Gasteiger partial charge in [-0.05, 0) is 30.7 Å². The molecule has 5 nitrogen and oxygen atoms in total. The number of halogens is 1. The van der Waals surface area contributed by atoms with Gasteiger partial charge in [-0.3, -0.25) is 0 Å². The van der Waals surface area contributed by atoms with E-state index in [-0.39, 0.29) is 5.82 Å². The van der Waals surface area contributed by atoms with Crippen LogP contribution in [0.5, 0.6) is 0 Å². The smallest absolute Gasteiger partial charge is 0.140 e. The topological polar surface area (TPSA) is 48.9 Å². The fourth-order valence-corrected chi connectivity index (χ4v) is 5.16. The van der Waals surface area contributed by atoms with Gasteiger partial charge in [-0.15, -0.1) is 11.3 Å². The number of methoxy groups -OCH3 is 1. The molecule has 2 N–H and O–H groups in total. The van der Waals surface area contributed by atoms with Crippen molar-refractivity contribution in [2.24, 2.45) is 4.99 Å². The highest BCUT2D eigenvalue weighted by atomic mass is 32.1. The highest BCUT2D eigenvalue weighted by Gasteiger charge is 2.29. The summed E-state index contributed by atoms with van der Waals surface area (Å²) in [5, 5.41) is 9.23. The van der Waals surface area contributed by atoms with E-state index in [1.54, 1.807) is 24.5 Å². The number of anilines is 2.